The topological polar surface area (TPSA) is 55.6 Å². The van der Waals surface area contributed by atoms with Crippen molar-refractivity contribution in [3.05, 3.63) is 29.8 Å². The number of hydrogen-bond donors (Lipinski definition) is 1. The van der Waals surface area contributed by atoms with Crippen LogP contribution in [0.15, 0.2) is 24.3 Å². The van der Waals surface area contributed by atoms with Gasteiger partial charge in [0.1, 0.15) is 5.75 Å². The van der Waals surface area contributed by atoms with Crippen LogP contribution in [0.3, 0.4) is 0 Å². The van der Waals surface area contributed by atoms with Gasteiger partial charge in [0.05, 0.1) is 12.6 Å². The fourth-order valence-corrected chi connectivity index (χ4v) is 2.32. The van der Waals surface area contributed by atoms with Crippen molar-refractivity contribution in [2.75, 3.05) is 13.2 Å². The first-order valence-electron chi connectivity index (χ1n) is 6.39. The second-order valence-corrected chi connectivity index (χ2v) is 4.69. The number of nitrogens with zero attached hydrogens (tertiary/aromatic N) is 1. The van der Waals surface area contributed by atoms with Crippen LogP contribution in [0.1, 0.15) is 31.9 Å². The van der Waals surface area contributed by atoms with Crippen molar-refractivity contribution in [1.29, 1.82) is 0 Å². The highest BCUT2D eigenvalue weighted by molar-refractivity contribution is 5.79. The number of hydrogen-bond acceptors (Lipinski definition) is 3. The van der Waals surface area contributed by atoms with Crippen molar-refractivity contribution >= 4 is 5.91 Å². The fraction of sp³-hybridized carbons (Fsp3) is 0.500. The summed E-state index contributed by atoms with van der Waals surface area (Å²) in [6.45, 7) is 5.30. The van der Waals surface area contributed by atoms with Crippen LogP contribution in [-0.2, 0) is 4.79 Å². The van der Waals surface area contributed by atoms with Gasteiger partial charge >= 0.3 is 0 Å². The van der Waals surface area contributed by atoms with Crippen molar-refractivity contribution in [3.8, 4) is 5.75 Å². The minimum Gasteiger partial charge on any atom is -0.494 e. The molecule has 0 radical (unpaired) electrons. The van der Waals surface area contributed by atoms with E-state index in [4.69, 9.17) is 10.5 Å². The molecule has 1 fully saturated rings. The average molecular weight is 248 g/mol. The zero-order chi connectivity index (χ0) is 13.1. The van der Waals surface area contributed by atoms with Crippen LogP contribution >= 0.6 is 0 Å². The van der Waals surface area contributed by atoms with Gasteiger partial charge in [-0.15, -0.1) is 0 Å². The molecule has 2 rings (SSSR count). The van der Waals surface area contributed by atoms with E-state index in [0.29, 0.717) is 19.6 Å². The van der Waals surface area contributed by atoms with Crippen molar-refractivity contribution < 1.29 is 9.53 Å². The molecule has 1 aromatic carbocycles. The SMILES string of the molecule is CCOc1ccc(C(C)N2CC(N)CC2=O)cc1. The summed E-state index contributed by atoms with van der Waals surface area (Å²) in [7, 11) is 0. The molecule has 2 unspecified atom stereocenters. The van der Waals surface area contributed by atoms with E-state index in [0.717, 1.165) is 11.3 Å². The van der Waals surface area contributed by atoms with E-state index in [1.165, 1.54) is 0 Å². The number of carbonyl (C=O) groups is 1. The normalized spacial score (nSPS) is 21.2. The van der Waals surface area contributed by atoms with Gasteiger partial charge in [0, 0.05) is 19.0 Å². The average Bonchev–Trinajstić information content (AvgIpc) is 2.69. The molecule has 18 heavy (non-hydrogen) atoms. The van der Waals surface area contributed by atoms with Crippen LogP contribution in [0.4, 0.5) is 0 Å². The summed E-state index contributed by atoms with van der Waals surface area (Å²) in [5, 5.41) is 0. The van der Waals surface area contributed by atoms with E-state index in [1.54, 1.807) is 0 Å². The Morgan fingerprint density at radius 2 is 2.11 bits per heavy atom. The molecular weight excluding hydrogens is 228 g/mol. The van der Waals surface area contributed by atoms with Gasteiger partial charge in [0.25, 0.3) is 0 Å². The number of amides is 1. The first-order valence-corrected chi connectivity index (χ1v) is 6.39. The van der Waals surface area contributed by atoms with E-state index < -0.39 is 0 Å². The number of nitrogens with two attached hydrogens (primary N) is 1. The molecule has 2 atom stereocenters. The molecule has 0 bridgehead atoms. The lowest BCUT2D eigenvalue weighted by atomic mass is 10.1. The minimum absolute atomic E-state index is 0.0253. The van der Waals surface area contributed by atoms with Crippen molar-refractivity contribution in [2.45, 2.75) is 32.4 Å². The fourth-order valence-electron chi connectivity index (χ4n) is 2.32. The summed E-state index contributed by atoms with van der Waals surface area (Å²) in [6.07, 6.45) is 0.460. The van der Waals surface area contributed by atoms with Crippen LogP contribution in [-0.4, -0.2) is 30.0 Å². The molecule has 1 aliphatic rings. The Balaban J connectivity index is 2.08. The number of ether oxygens (including phenoxy) is 1. The first kappa shape index (κ1) is 12.9. The Morgan fingerprint density at radius 3 is 2.61 bits per heavy atom. The largest absolute Gasteiger partial charge is 0.494 e. The van der Waals surface area contributed by atoms with Gasteiger partial charge in [0.15, 0.2) is 0 Å². The zero-order valence-electron chi connectivity index (χ0n) is 10.9. The molecule has 1 aliphatic heterocycles. The molecule has 4 nitrogen and oxygen atoms in total. The molecule has 1 aromatic rings. The van der Waals surface area contributed by atoms with Crippen LogP contribution in [0.25, 0.3) is 0 Å². The lowest BCUT2D eigenvalue weighted by Crippen LogP contribution is -2.30. The third kappa shape index (κ3) is 2.64. The third-order valence-electron chi connectivity index (χ3n) is 3.33. The van der Waals surface area contributed by atoms with Crippen LogP contribution in [0, 0.1) is 0 Å². The van der Waals surface area contributed by atoms with E-state index in [-0.39, 0.29) is 18.0 Å². The second kappa shape index (κ2) is 5.40. The summed E-state index contributed by atoms with van der Waals surface area (Å²) in [4.78, 5) is 13.6. The molecule has 98 valence electrons. The predicted molar refractivity (Wildman–Crippen MR) is 70.3 cm³/mol. The lowest BCUT2D eigenvalue weighted by Gasteiger charge is -2.25. The van der Waals surface area contributed by atoms with Gasteiger partial charge in [0.2, 0.25) is 5.91 Å². The highest BCUT2D eigenvalue weighted by Gasteiger charge is 2.30. The second-order valence-electron chi connectivity index (χ2n) is 4.69. The number of benzene rings is 1. The first-order chi connectivity index (χ1) is 8.61. The van der Waals surface area contributed by atoms with Gasteiger partial charge in [-0.05, 0) is 31.5 Å². The maximum absolute atomic E-state index is 11.8. The third-order valence-corrected chi connectivity index (χ3v) is 3.33. The highest BCUT2D eigenvalue weighted by Crippen LogP contribution is 2.26. The Hall–Kier alpha value is -1.55. The molecule has 2 N–H and O–H groups in total. The van der Waals surface area contributed by atoms with Crippen molar-refractivity contribution in [2.24, 2.45) is 5.73 Å². The Morgan fingerprint density at radius 1 is 1.44 bits per heavy atom. The van der Waals surface area contributed by atoms with Gasteiger partial charge in [-0.25, -0.2) is 0 Å². The smallest absolute Gasteiger partial charge is 0.224 e. The summed E-state index contributed by atoms with van der Waals surface area (Å²) in [6, 6.07) is 7.94. The Kier molecular flexibility index (Phi) is 3.87. The minimum atomic E-state index is -0.0253. The molecule has 0 saturated carbocycles. The van der Waals surface area contributed by atoms with Gasteiger partial charge in [-0.3, -0.25) is 4.79 Å². The van der Waals surface area contributed by atoms with E-state index >= 15 is 0 Å². The lowest BCUT2D eigenvalue weighted by molar-refractivity contribution is -0.129. The molecule has 0 aliphatic carbocycles. The molecular formula is C14H20N2O2. The monoisotopic (exact) mass is 248 g/mol. The maximum Gasteiger partial charge on any atom is 0.224 e. The van der Waals surface area contributed by atoms with Crippen LogP contribution in [0.2, 0.25) is 0 Å². The van der Waals surface area contributed by atoms with Gasteiger partial charge in [-0.2, -0.15) is 0 Å². The molecule has 0 spiro atoms. The summed E-state index contributed by atoms with van der Waals surface area (Å²) >= 11 is 0. The van der Waals surface area contributed by atoms with E-state index in [2.05, 4.69) is 0 Å². The number of rotatable bonds is 4. The molecule has 1 heterocycles. The van der Waals surface area contributed by atoms with Crippen LogP contribution < -0.4 is 10.5 Å². The summed E-state index contributed by atoms with van der Waals surface area (Å²) < 4.78 is 5.40. The van der Waals surface area contributed by atoms with Gasteiger partial charge in [-0.1, -0.05) is 12.1 Å². The molecule has 1 amide bonds. The number of likely N-dealkylation sites (tertiary alicyclic amines) is 1. The van der Waals surface area contributed by atoms with Crippen molar-refractivity contribution in [3.63, 3.8) is 0 Å². The summed E-state index contributed by atoms with van der Waals surface area (Å²) in [5.74, 6) is 1.00. The highest BCUT2D eigenvalue weighted by atomic mass is 16.5. The van der Waals surface area contributed by atoms with Gasteiger partial charge < -0.3 is 15.4 Å². The zero-order valence-corrected chi connectivity index (χ0v) is 10.9. The Labute approximate surface area is 108 Å². The van der Waals surface area contributed by atoms with Crippen molar-refractivity contribution in [1.82, 2.24) is 4.90 Å². The summed E-state index contributed by atoms with van der Waals surface area (Å²) in [5.41, 5.74) is 6.92. The maximum atomic E-state index is 11.8. The molecule has 0 aromatic heterocycles. The number of carbonyl (C=O) groups excluding carboxylic acids is 1. The molecule has 4 heteroatoms. The Bertz CT molecular complexity index is 416. The predicted octanol–water partition coefficient (Wildman–Crippen LogP) is 1.71. The standard InChI is InChI=1S/C14H20N2O2/c1-3-18-13-6-4-11(5-7-13)10(2)16-9-12(15)8-14(16)17/h4-7,10,12H,3,8-9,15H2,1-2H3. The molecule has 1 saturated heterocycles. The van der Waals surface area contributed by atoms with E-state index in [1.807, 2.05) is 43.0 Å². The van der Waals surface area contributed by atoms with E-state index in [9.17, 15) is 4.79 Å². The quantitative estimate of drug-likeness (QED) is 0.882. The van der Waals surface area contributed by atoms with Crippen LogP contribution in [0.5, 0.6) is 5.75 Å².